The number of fused-ring (bicyclic) bond motifs is 1. The maximum Gasteiger partial charge on any atom is 0.254 e. The molecule has 0 aliphatic carbocycles. The SMILES string of the molecule is COc1cccc(C(=O)N2CCC(n3c(Cc4ccccc4)nc4ccccc43)CC2)c1C. The van der Waals surface area contributed by atoms with E-state index in [1.165, 1.54) is 11.1 Å². The fourth-order valence-electron chi connectivity index (χ4n) is 4.97. The number of carbonyl (C=O) groups is 1. The molecule has 3 aromatic carbocycles. The summed E-state index contributed by atoms with van der Waals surface area (Å²) in [6.07, 6.45) is 2.63. The summed E-state index contributed by atoms with van der Waals surface area (Å²) >= 11 is 0. The van der Waals surface area contributed by atoms with Gasteiger partial charge in [0.2, 0.25) is 0 Å². The molecule has 0 saturated carbocycles. The van der Waals surface area contributed by atoms with Crippen LogP contribution in [-0.2, 0) is 6.42 Å². The second-order valence-corrected chi connectivity index (χ2v) is 8.71. The Labute approximate surface area is 194 Å². The first-order chi connectivity index (χ1) is 16.2. The molecule has 0 radical (unpaired) electrons. The van der Waals surface area contributed by atoms with Gasteiger partial charge < -0.3 is 14.2 Å². The van der Waals surface area contributed by atoms with Gasteiger partial charge in [0, 0.05) is 36.7 Å². The summed E-state index contributed by atoms with van der Waals surface area (Å²) in [4.78, 5) is 20.2. The first kappa shape index (κ1) is 21.3. The highest BCUT2D eigenvalue weighted by molar-refractivity contribution is 5.96. The van der Waals surface area contributed by atoms with Crippen LogP contribution in [0.5, 0.6) is 5.75 Å². The van der Waals surface area contributed by atoms with Gasteiger partial charge in [0.15, 0.2) is 0 Å². The normalized spacial score (nSPS) is 14.5. The Hall–Kier alpha value is -3.60. The van der Waals surface area contributed by atoms with Gasteiger partial charge in [0.1, 0.15) is 11.6 Å². The number of para-hydroxylation sites is 2. The summed E-state index contributed by atoms with van der Waals surface area (Å²) < 4.78 is 7.83. The molecule has 1 fully saturated rings. The van der Waals surface area contributed by atoms with Crippen LogP contribution in [0.15, 0.2) is 72.8 Å². The lowest BCUT2D eigenvalue weighted by atomic mass is 10.0. The first-order valence-corrected chi connectivity index (χ1v) is 11.6. The molecule has 5 rings (SSSR count). The molecule has 2 heterocycles. The molecule has 4 aromatic rings. The summed E-state index contributed by atoms with van der Waals surface area (Å²) in [5, 5.41) is 0. The van der Waals surface area contributed by atoms with Crippen LogP contribution < -0.4 is 4.74 Å². The van der Waals surface area contributed by atoms with E-state index < -0.39 is 0 Å². The Morgan fingerprint density at radius 1 is 0.970 bits per heavy atom. The molecule has 1 aliphatic heterocycles. The molecule has 5 heteroatoms. The maximum absolute atomic E-state index is 13.3. The Morgan fingerprint density at radius 2 is 1.70 bits per heavy atom. The third kappa shape index (κ3) is 4.11. The molecule has 0 N–H and O–H groups in total. The van der Waals surface area contributed by atoms with Crippen molar-refractivity contribution in [2.45, 2.75) is 32.2 Å². The highest BCUT2D eigenvalue weighted by Crippen LogP contribution is 2.31. The number of piperidine rings is 1. The van der Waals surface area contributed by atoms with Crippen molar-refractivity contribution in [3.8, 4) is 5.75 Å². The number of carbonyl (C=O) groups excluding carboxylic acids is 1. The van der Waals surface area contributed by atoms with Crippen LogP contribution in [0.1, 0.15) is 46.2 Å². The Kier molecular flexibility index (Phi) is 5.86. The third-order valence-electron chi connectivity index (χ3n) is 6.73. The minimum Gasteiger partial charge on any atom is -0.496 e. The van der Waals surface area contributed by atoms with Gasteiger partial charge in [0.05, 0.1) is 18.1 Å². The zero-order valence-electron chi connectivity index (χ0n) is 19.2. The van der Waals surface area contributed by atoms with Crippen molar-refractivity contribution < 1.29 is 9.53 Å². The van der Waals surface area contributed by atoms with Gasteiger partial charge in [-0.05, 0) is 49.6 Å². The smallest absolute Gasteiger partial charge is 0.254 e. The number of rotatable bonds is 5. The topological polar surface area (TPSA) is 47.4 Å². The average Bonchev–Trinajstić information content (AvgIpc) is 3.22. The lowest BCUT2D eigenvalue weighted by Crippen LogP contribution is -2.39. The van der Waals surface area contributed by atoms with Crippen LogP contribution in [0.4, 0.5) is 0 Å². The minimum absolute atomic E-state index is 0.0878. The van der Waals surface area contributed by atoms with E-state index in [4.69, 9.17) is 9.72 Å². The number of hydrogen-bond donors (Lipinski definition) is 0. The van der Waals surface area contributed by atoms with E-state index in [-0.39, 0.29) is 5.91 Å². The zero-order chi connectivity index (χ0) is 22.8. The second kappa shape index (κ2) is 9.10. The van der Waals surface area contributed by atoms with Crippen molar-refractivity contribution >= 4 is 16.9 Å². The number of nitrogens with zero attached hydrogens (tertiary/aromatic N) is 3. The predicted octanol–water partition coefficient (Wildman–Crippen LogP) is 5.42. The van der Waals surface area contributed by atoms with E-state index in [9.17, 15) is 4.79 Å². The van der Waals surface area contributed by atoms with Crippen molar-refractivity contribution in [1.82, 2.24) is 14.5 Å². The summed E-state index contributed by atoms with van der Waals surface area (Å²) in [6, 6.07) is 24.9. The van der Waals surface area contributed by atoms with E-state index in [0.29, 0.717) is 6.04 Å². The van der Waals surface area contributed by atoms with Crippen LogP contribution in [0.2, 0.25) is 0 Å². The monoisotopic (exact) mass is 439 g/mol. The molecule has 33 heavy (non-hydrogen) atoms. The molecule has 5 nitrogen and oxygen atoms in total. The second-order valence-electron chi connectivity index (χ2n) is 8.71. The lowest BCUT2D eigenvalue weighted by molar-refractivity contribution is 0.0694. The third-order valence-corrected chi connectivity index (χ3v) is 6.73. The van der Waals surface area contributed by atoms with Crippen LogP contribution in [0, 0.1) is 6.92 Å². The first-order valence-electron chi connectivity index (χ1n) is 11.6. The molecule has 0 spiro atoms. The van der Waals surface area contributed by atoms with E-state index in [0.717, 1.165) is 60.6 Å². The van der Waals surface area contributed by atoms with E-state index in [1.807, 2.05) is 42.2 Å². The fraction of sp³-hybridized carbons (Fsp3) is 0.286. The molecule has 1 aromatic heterocycles. The van der Waals surface area contributed by atoms with Gasteiger partial charge in [-0.15, -0.1) is 0 Å². The number of benzene rings is 3. The number of aromatic nitrogens is 2. The average molecular weight is 440 g/mol. The number of imidazole rings is 1. The van der Waals surface area contributed by atoms with Gasteiger partial charge in [0.25, 0.3) is 5.91 Å². The van der Waals surface area contributed by atoms with Gasteiger partial charge in [-0.3, -0.25) is 4.79 Å². The molecule has 1 amide bonds. The number of amides is 1. The molecule has 0 atom stereocenters. The standard InChI is InChI=1S/C28H29N3O2/c1-20-23(11-8-14-26(20)33-2)28(32)30-17-15-22(16-18-30)31-25-13-7-6-12-24(25)29-27(31)19-21-9-4-3-5-10-21/h3-14,22H,15-19H2,1-2H3. The van der Waals surface area contributed by atoms with Crippen molar-refractivity contribution in [1.29, 1.82) is 0 Å². The van der Waals surface area contributed by atoms with Crippen LogP contribution >= 0.6 is 0 Å². The van der Waals surface area contributed by atoms with Crippen molar-refractivity contribution in [2.24, 2.45) is 0 Å². The van der Waals surface area contributed by atoms with E-state index in [1.54, 1.807) is 7.11 Å². The number of likely N-dealkylation sites (tertiary alicyclic amines) is 1. The largest absolute Gasteiger partial charge is 0.496 e. The summed E-state index contributed by atoms with van der Waals surface area (Å²) in [7, 11) is 1.64. The van der Waals surface area contributed by atoms with E-state index >= 15 is 0 Å². The molecular weight excluding hydrogens is 410 g/mol. The van der Waals surface area contributed by atoms with Crippen molar-refractivity contribution in [3.05, 3.63) is 95.3 Å². The molecule has 0 unspecified atom stereocenters. The highest BCUT2D eigenvalue weighted by atomic mass is 16.5. The van der Waals surface area contributed by atoms with Gasteiger partial charge in [-0.2, -0.15) is 0 Å². The van der Waals surface area contributed by atoms with Crippen LogP contribution in [0.25, 0.3) is 11.0 Å². The summed E-state index contributed by atoms with van der Waals surface area (Å²) in [5.41, 5.74) is 5.10. The Morgan fingerprint density at radius 3 is 2.45 bits per heavy atom. The lowest BCUT2D eigenvalue weighted by Gasteiger charge is -2.34. The van der Waals surface area contributed by atoms with Crippen LogP contribution in [-0.4, -0.2) is 40.6 Å². The molecular formula is C28H29N3O2. The quantitative estimate of drug-likeness (QED) is 0.417. The maximum atomic E-state index is 13.3. The van der Waals surface area contributed by atoms with E-state index in [2.05, 4.69) is 47.0 Å². The molecule has 1 aliphatic rings. The van der Waals surface area contributed by atoms with Crippen LogP contribution in [0.3, 0.4) is 0 Å². The summed E-state index contributed by atoms with van der Waals surface area (Å²) in [6.45, 7) is 3.42. The summed E-state index contributed by atoms with van der Waals surface area (Å²) in [5.74, 6) is 1.94. The number of methoxy groups -OCH3 is 1. The highest BCUT2D eigenvalue weighted by Gasteiger charge is 2.28. The Balaban J connectivity index is 1.38. The van der Waals surface area contributed by atoms with Gasteiger partial charge in [-0.25, -0.2) is 4.98 Å². The van der Waals surface area contributed by atoms with Crippen molar-refractivity contribution in [2.75, 3.05) is 20.2 Å². The van der Waals surface area contributed by atoms with Gasteiger partial charge >= 0.3 is 0 Å². The van der Waals surface area contributed by atoms with Crippen molar-refractivity contribution in [3.63, 3.8) is 0 Å². The fourth-order valence-corrected chi connectivity index (χ4v) is 4.97. The molecule has 1 saturated heterocycles. The zero-order valence-corrected chi connectivity index (χ0v) is 19.2. The molecule has 168 valence electrons. The Bertz CT molecular complexity index is 1270. The van der Waals surface area contributed by atoms with Gasteiger partial charge in [-0.1, -0.05) is 48.5 Å². The molecule has 0 bridgehead atoms. The predicted molar refractivity (Wildman–Crippen MR) is 131 cm³/mol. The number of hydrogen-bond acceptors (Lipinski definition) is 3. The minimum atomic E-state index is 0.0878. The number of ether oxygens (including phenoxy) is 1.